The minimum atomic E-state index is -4.36. The summed E-state index contributed by atoms with van der Waals surface area (Å²) in [6.45, 7) is 1.75. The Labute approximate surface area is 171 Å². The lowest BCUT2D eigenvalue weighted by Crippen LogP contribution is -2.31. The van der Waals surface area contributed by atoms with Gasteiger partial charge in [0.15, 0.2) is 5.78 Å². The molecule has 0 bridgehead atoms. The van der Waals surface area contributed by atoms with E-state index >= 15 is 0 Å². The Morgan fingerprint density at radius 3 is 2.50 bits per heavy atom. The molecule has 0 saturated heterocycles. The van der Waals surface area contributed by atoms with Crippen LogP contribution < -0.4 is 4.74 Å². The van der Waals surface area contributed by atoms with Gasteiger partial charge in [-0.15, -0.1) is 0 Å². The van der Waals surface area contributed by atoms with Gasteiger partial charge in [-0.25, -0.2) is 0 Å². The van der Waals surface area contributed by atoms with E-state index in [4.69, 9.17) is 4.74 Å². The molecular formula is C23H19F3N2O2. The number of nitrogens with zero attached hydrogens (tertiary/aromatic N) is 2. The van der Waals surface area contributed by atoms with Crippen LogP contribution in [0.4, 0.5) is 13.2 Å². The molecule has 7 heteroatoms. The van der Waals surface area contributed by atoms with Crippen molar-refractivity contribution in [3.8, 4) is 16.9 Å². The van der Waals surface area contributed by atoms with E-state index in [0.717, 1.165) is 29.0 Å². The largest absolute Gasteiger partial charge is 0.492 e. The molecule has 4 nitrogen and oxygen atoms in total. The van der Waals surface area contributed by atoms with Gasteiger partial charge < -0.3 is 4.74 Å². The van der Waals surface area contributed by atoms with Crippen molar-refractivity contribution >= 4 is 5.78 Å². The Kier molecular flexibility index (Phi) is 5.55. The number of benzene rings is 2. The van der Waals surface area contributed by atoms with Crippen LogP contribution in [0.3, 0.4) is 0 Å². The van der Waals surface area contributed by atoms with Crippen LogP contribution in [0.15, 0.2) is 66.9 Å². The SMILES string of the molecule is O=C(CN1CCOc2ccc(-c3ccc(C(F)(F)F)cc3)cc2C1)c1ccccn1. The first-order valence-corrected chi connectivity index (χ1v) is 9.50. The highest BCUT2D eigenvalue weighted by Crippen LogP contribution is 2.33. The monoisotopic (exact) mass is 412 g/mol. The zero-order chi connectivity index (χ0) is 21.1. The number of Topliss-reactive ketones (excluding diaryl/α,β-unsaturated/α-hetero) is 1. The van der Waals surface area contributed by atoms with Gasteiger partial charge in [-0.2, -0.15) is 13.2 Å². The van der Waals surface area contributed by atoms with Crippen LogP contribution in [0, 0.1) is 0 Å². The number of carbonyl (C=O) groups excluding carboxylic acids is 1. The van der Waals surface area contributed by atoms with Gasteiger partial charge in [-0.3, -0.25) is 14.7 Å². The van der Waals surface area contributed by atoms with E-state index in [0.29, 0.717) is 31.0 Å². The smallest absolute Gasteiger partial charge is 0.416 e. The summed E-state index contributed by atoms with van der Waals surface area (Å²) in [6, 6.07) is 15.9. The van der Waals surface area contributed by atoms with Gasteiger partial charge in [-0.05, 0) is 47.5 Å². The average molecular weight is 412 g/mol. The first-order valence-electron chi connectivity index (χ1n) is 9.50. The lowest BCUT2D eigenvalue weighted by atomic mass is 10.0. The van der Waals surface area contributed by atoms with Crippen molar-refractivity contribution in [1.29, 1.82) is 0 Å². The van der Waals surface area contributed by atoms with Gasteiger partial charge in [0.1, 0.15) is 18.1 Å². The fraction of sp³-hybridized carbons (Fsp3) is 0.217. The van der Waals surface area contributed by atoms with Gasteiger partial charge >= 0.3 is 6.18 Å². The quantitative estimate of drug-likeness (QED) is 0.575. The number of fused-ring (bicyclic) bond motifs is 1. The zero-order valence-electron chi connectivity index (χ0n) is 16.0. The maximum atomic E-state index is 12.8. The predicted molar refractivity (Wildman–Crippen MR) is 106 cm³/mol. The fourth-order valence-corrected chi connectivity index (χ4v) is 3.43. The van der Waals surface area contributed by atoms with E-state index in [2.05, 4.69) is 4.98 Å². The normalized spacial score (nSPS) is 14.5. The molecular weight excluding hydrogens is 393 g/mol. The first-order chi connectivity index (χ1) is 14.4. The maximum absolute atomic E-state index is 12.8. The lowest BCUT2D eigenvalue weighted by Gasteiger charge is -2.18. The molecule has 0 fully saturated rings. The van der Waals surface area contributed by atoms with Crippen LogP contribution in [0.2, 0.25) is 0 Å². The highest BCUT2D eigenvalue weighted by molar-refractivity contribution is 5.95. The summed E-state index contributed by atoms with van der Waals surface area (Å²) in [7, 11) is 0. The highest BCUT2D eigenvalue weighted by atomic mass is 19.4. The molecule has 0 saturated carbocycles. The van der Waals surface area contributed by atoms with Gasteiger partial charge in [-0.1, -0.05) is 24.3 Å². The number of carbonyl (C=O) groups is 1. The molecule has 30 heavy (non-hydrogen) atoms. The second-order valence-electron chi connectivity index (χ2n) is 7.09. The van der Waals surface area contributed by atoms with Crippen LogP contribution in [-0.2, 0) is 12.7 Å². The van der Waals surface area contributed by atoms with Crippen molar-refractivity contribution in [2.45, 2.75) is 12.7 Å². The summed E-state index contributed by atoms with van der Waals surface area (Å²) in [6.07, 6.45) is -2.77. The second-order valence-corrected chi connectivity index (χ2v) is 7.09. The third kappa shape index (κ3) is 4.52. The summed E-state index contributed by atoms with van der Waals surface area (Å²) in [5, 5.41) is 0. The molecule has 0 unspecified atom stereocenters. The summed E-state index contributed by atoms with van der Waals surface area (Å²) >= 11 is 0. The molecule has 1 aliphatic heterocycles. The van der Waals surface area contributed by atoms with Crippen LogP contribution in [-0.4, -0.2) is 35.4 Å². The third-order valence-electron chi connectivity index (χ3n) is 4.98. The van der Waals surface area contributed by atoms with Crippen molar-refractivity contribution in [2.75, 3.05) is 19.7 Å². The number of alkyl halides is 3. The number of hydrogen-bond donors (Lipinski definition) is 0. The fourth-order valence-electron chi connectivity index (χ4n) is 3.43. The molecule has 0 aliphatic carbocycles. The molecule has 3 aromatic rings. The van der Waals surface area contributed by atoms with Gasteiger partial charge in [0.05, 0.1) is 12.1 Å². The molecule has 0 radical (unpaired) electrons. The molecule has 1 aliphatic rings. The molecule has 0 spiro atoms. The van der Waals surface area contributed by atoms with Crippen molar-refractivity contribution < 1.29 is 22.7 Å². The maximum Gasteiger partial charge on any atom is 0.416 e. The Morgan fingerprint density at radius 1 is 1.03 bits per heavy atom. The molecule has 154 valence electrons. The Morgan fingerprint density at radius 2 is 1.80 bits per heavy atom. The lowest BCUT2D eigenvalue weighted by molar-refractivity contribution is -0.137. The molecule has 4 rings (SSSR count). The molecule has 2 heterocycles. The summed E-state index contributed by atoms with van der Waals surface area (Å²) in [5.41, 5.74) is 2.11. The average Bonchev–Trinajstić information content (AvgIpc) is 2.95. The van der Waals surface area contributed by atoms with E-state index in [9.17, 15) is 18.0 Å². The Balaban J connectivity index is 1.54. The van der Waals surface area contributed by atoms with Crippen LogP contribution in [0.25, 0.3) is 11.1 Å². The van der Waals surface area contributed by atoms with E-state index in [-0.39, 0.29) is 12.3 Å². The number of rotatable bonds is 4. The predicted octanol–water partition coefficient (Wildman–Crippen LogP) is 4.84. The second kappa shape index (κ2) is 8.28. The van der Waals surface area contributed by atoms with E-state index in [1.807, 2.05) is 23.1 Å². The minimum absolute atomic E-state index is 0.0713. The van der Waals surface area contributed by atoms with Crippen molar-refractivity contribution in [3.63, 3.8) is 0 Å². The zero-order valence-corrected chi connectivity index (χ0v) is 16.0. The molecule has 0 amide bonds. The van der Waals surface area contributed by atoms with Crippen molar-refractivity contribution in [2.24, 2.45) is 0 Å². The number of ether oxygens (including phenoxy) is 1. The Bertz CT molecular complexity index is 1030. The van der Waals surface area contributed by atoms with Crippen molar-refractivity contribution in [1.82, 2.24) is 9.88 Å². The van der Waals surface area contributed by atoms with Gasteiger partial charge in [0.2, 0.25) is 0 Å². The van der Waals surface area contributed by atoms with Crippen LogP contribution >= 0.6 is 0 Å². The van der Waals surface area contributed by atoms with E-state index in [1.54, 1.807) is 24.4 Å². The summed E-state index contributed by atoms with van der Waals surface area (Å²) < 4.78 is 44.2. The summed E-state index contributed by atoms with van der Waals surface area (Å²) in [4.78, 5) is 18.6. The minimum Gasteiger partial charge on any atom is -0.492 e. The van der Waals surface area contributed by atoms with E-state index < -0.39 is 11.7 Å². The topological polar surface area (TPSA) is 42.4 Å². The Hall–Kier alpha value is -3.19. The number of aromatic nitrogens is 1. The molecule has 1 aromatic heterocycles. The number of ketones is 1. The van der Waals surface area contributed by atoms with Gasteiger partial charge in [0, 0.05) is 24.8 Å². The third-order valence-corrected chi connectivity index (χ3v) is 4.98. The van der Waals surface area contributed by atoms with Gasteiger partial charge in [0.25, 0.3) is 0 Å². The standard InChI is InChI=1S/C23H19F3N2O2/c24-23(25,26)19-7-4-16(5-8-19)17-6-9-22-18(13-17)14-28(11-12-30-22)15-21(29)20-3-1-2-10-27-20/h1-10,13H,11-12,14-15H2. The van der Waals surface area contributed by atoms with E-state index in [1.165, 1.54) is 12.1 Å². The van der Waals surface area contributed by atoms with Crippen LogP contribution in [0.1, 0.15) is 21.6 Å². The number of pyridine rings is 1. The highest BCUT2D eigenvalue weighted by Gasteiger charge is 2.30. The molecule has 0 atom stereocenters. The number of hydrogen-bond acceptors (Lipinski definition) is 4. The number of halogens is 3. The molecule has 0 N–H and O–H groups in total. The first kappa shape index (κ1) is 20.1. The van der Waals surface area contributed by atoms with Crippen molar-refractivity contribution in [3.05, 3.63) is 83.7 Å². The summed E-state index contributed by atoms with van der Waals surface area (Å²) in [5.74, 6) is 0.649. The van der Waals surface area contributed by atoms with Crippen LogP contribution in [0.5, 0.6) is 5.75 Å². The molecule has 2 aromatic carbocycles.